The lowest BCUT2D eigenvalue weighted by Crippen LogP contribution is -2.23. The summed E-state index contributed by atoms with van der Waals surface area (Å²) in [4.78, 5) is 9.72. The molecule has 1 aromatic carbocycles. The minimum absolute atomic E-state index is 0.153. The van der Waals surface area contributed by atoms with Crippen LogP contribution in [0.25, 0.3) is 0 Å². The predicted molar refractivity (Wildman–Crippen MR) is 79.3 cm³/mol. The van der Waals surface area contributed by atoms with Crippen molar-refractivity contribution >= 4 is 5.97 Å². The molecule has 0 bridgehead atoms. The second-order valence-electron chi connectivity index (χ2n) is 3.94. The van der Waals surface area contributed by atoms with E-state index in [0.717, 1.165) is 0 Å². The molecule has 0 heterocycles. The number of carbonyl (C=O) groups excluding carboxylic acids is 1. The number of aromatic hydroxyl groups is 1. The van der Waals surface area contributed by atoms with Crippen LogP contribution in [0.5, 0.6) is 11.5 Å². The van der Waals surface area contributed by atoms with Crippen molar-refractivity contribution in [3.63, 3.8) is 0 Å². The van der Waals surface area contributed by atoms with E-state index in [1.54, 1.807) is 31.2 Å². The molecule has 0 aliphatic rings. The van der Waals surface area contributed by atoms with Gasteiger partial charge in [0.05, 0.1) is 26.3 Å². The van der Waals surface area contributed by atoms with E-state index >= 15 is 0 Å². The van der Waals surface area contributed by atoms with Gasteiger partial charge < -0.3 is 35.1 Å². The molecule has 0 unspecified atom stereocenters. The van der Waals surface area contributed by atoms with Crippen LogP contribution in [-0.4, -0.2) is 52.8 Å². The Morgan fingerprint density at radius 2 is 1.82 bits per heavy atom. The smallest absolute Gasteiger partial charge is 0.160 e. The Morgan fingerprint density at radius 3 is 2.00 bits per heavy atom. The maximum atomic E-state index is 9.72. The topological polar surface area (TPSA) is 130 Å². The van der Waals surface area contributed by atoms with Gasteiger partial charge in [0.2, 0.25) is 0 Å². The van der Waals surface area contributed by atoms with Gasteiger partial charge in [-0.3, -0.25) is 0 Å². The molecule has 0 saturated heterocycles. The maximum absolute atomic E-state index is 9.72. The summed E-state index contributed by atoms with van der Waals surface area (Å²) in [5, 5.41) is 42.7. The number of hydrogen-bond donors (Lipinski definition) is 4. The average Bonchev–Trinajstić information content (AvgIpc) is 2.54. The van der Waals surface area contributed by atoms with Gasteiger partial charge in [-0.15, -0.1) is 0 Å². The maximum Gasteiger partial charge on any atom is 0.160 e. The highest BCUT2D eigenvalue weighted by atomic mass is 16.5. The molecule has 7 heteroatoms. The van der Waals surface area contributed by atoms with Crippen molar-refractivity contribution in [2.75, 3.05) is 20.3 Å². The van der Waals surface area contributed by atoms with Gasteiger partial charge in [0.25, 0.3) is 0 Å². The molecular formula is C15H23O7-. The first-order valence-electron chi connectivity index (χ1n) is 6.44. The van der Waals surface area contributed by atoms with Gasteiger partial charge in [0.15, 0.2) is 11.5 Å². The Kier molecular flexibility index (Phi) is 14.0. The lowest BCUT2D eigenvalue weighted by Gasteiger charge is -1.99. The number of hydrogen-bond acceptors (Lipinski definition) is 7. The van der Waals surface area contributed by atoms with E-state index in [0.29, 0.717) is 12.2 Å². The first-order valence-corrected chi connectivity index (χ1v) is 6.44. The van der Waals surface area contributed by atoms with E-state index in [-0.39, 0.29) is 24.5 Å². The van der Waals surface area contributed by atoms with Crippen molar-refractivity contribution in [2.24, 2.45) is 0 Å². The molecule has 4 N–H and O–H groups in total. The third kappa shape index (κ3) is 11.7. The summed E-state index contributed by atoms with van der Waals surface area (Å²) in [6.45, 7) is 4.20. The highest BCUT2D eigenvalue weighted by Crippen LogP contribution is 2.22. The third-order valence-electron chi connectivity index (χ3n) is 2.22. The molecule has 0 saturated carbocycles. The summed E-state index contributed by atoms with van der Waals surface area (Å²) in [6.07, 6.45) is -0.493. The highest BCUT2D eigenvalue weighted by Gasteiger charge is 1.94. The molecule has 0 atom stereocenters. The molecule has 0 aliphatic carbocycles. The number of rotatable bonds is 5. The van der Waals surface area contributed by atoms with E-state index in [1.807, 2.05) is 0 Å². The number of carboxylic acids is 1. The zero-order valence-electron chi connectivity index (χ0n) is 12.7. The lowest BCUT2D eigenvalue weighted by atomic mass is 10.2. The first kappa shape index (κ1) is 22.2. The summed E-state index contributed by atoms with van der Waals surface area (Å²) < 4.78 is 4.79. The number of aliphatic hydroxyl groups is 3. The van der Waals surface area contributed by atoms with Crippen LogP contribution < -0.4 is 9.84 Å². The summed E-state index contributed by atoms with van der Waals surface area (Å²) >= 11 is 0. The number of aliphatic carboxylic acids is 1. The summed E-state index contributed by atoms with van der Waals surface area (Å²) in [6, 6.07) is 6.84. The van der Waals surface area contributed by atoms with Crippen LogP contribution >= 0.6 is 0 Å². The zero-order valence-corrected chi connectivity index (χ0v) is 12.7. The summed E-state index contributed by atoms with van der Waals surface area (Å²) in [7, 11) is 1.52. The molecule has 0 fully saturated rings. The fourth-order valence-electron chi connectivity index (χ4n) is 0.832. The second-order valence-corrected chi connectivity index (χ2v) is 3.94. The van der Waals surface area contributed by atoms with E-state index in [4.69, 9.17) is 25.2 Å². The van der Waals surface area contributed by atoms with Crippen molar-refractivity contribution in [3.8, 4) is 11.5 Å². The summed E-state index contributed by atoms with van der Waals surface area (Å²) in [5.41, 5.74) is 0.153. The van der Waals surface area contributed by atoms with Crippen LogP contribution in [0, 0.1) is 0 Å². The van der Waals surface area contributed by atoms with Gasteiger partial charge in [-0.25, -0.2) is 0 Å². The highest BCUT2D eigenvalue weighted by molar-refractivity contribution is 5.83. The molecule has 0 radical (unpaired) electrons. The number of carboxylic acid groups (broad SMARTS) is 1. The molecule has 7 nitrogen and oxygen atoms in total. The molecule has 126 valence electrons. The van der Waals surface area contributed by atoms with Crippen LogP contribution in [0.3, 0.4) is 0 Å². The van der Waals surface area contributed by atoms with Crippen molar-refractivity contribution in [2.45, 2.75) is 19.4 Å². The number of ether oxygens (including phenoxy) is 1. The number of phenols is 1. The lowest BCUT2D eigenvalue weighted by molar-refractivity contribution is -0.299. The van der Waals surface area contributed by atoms with Gasteiger partial charge >= 0.3 is 0 Å². The molecule has 0 spiro atoms. The largest absolute Gasteiger partial charge is 0.545 e. The number of phenolic OH excluding ortho intramolecular Hbond substituents is 1. The molecular weight excluding hydrogens is 292 g/mol. The van der Waals surface area contributed by atoms with E-state index in [9.17, 15) is 9.90 Å². The SMILES string of the molecule is C=C(CC)C(=O)[O-].COc1ccccc1O.OCC(O)CO. The fraction of sp³-hybridized carbons (Fsp3) is 0.400. The van der Waals surface area contributed by atoms with E-state index in [2.05, 4.69) is 6.58 Å². The molecule has 22 heavy (non-hydrogen) atoms. The number of aliphatic hydroxyl groups excluding tert-OH is 3. The normalized spacial score (nSPS) is 9.00. The summed E-state index contributed by atoms with van der Waals surface area (Å²) in [5.74, 6) is -0.458. The number of benzene rings is 1. The molecule has 0 aliphatic heterocycles. The van der Waals surface area contributed by atoms with Crippen LogP contribution in [0.1, 0.15) is 13.3 Å². The van der Waals surface area contributed by atoms with Crippen LogP contribution in [-0.2, 0) is 4.79 Å². The first-order chi connectivity index (χ1) is 10.3. The Balaban J connectivity index is 0. The van der Waals surface area contributed by atoms with Crippen LogP contribution in [0.15, 0.2) is 36.4 Å². The van der Waals surface area contributed by atoms with Gasteiger partial charge in [0, 0.05) is 0 Å². The molecule has 1 aromatic rings. The van der Waals surface area contributed by atoms with Gasteiger partial charge in [-0.05, 0) is 24.1 Å². The zero-order chi connectivity index (χ0) is 17.5. The van der Waals surface area contributed by atoms with Crippen molar-refractivity contribution in [1.82, 2.24) is 0 Å². The Morgan fingerprint density at radius 1 is 1.32 bits per heavy atom. The van der Waals surface area contributed by atoms with Gasteiger partial charge in [-0.2, -0.15) is 0 Å². The van der Waals surface area contributed by atoms with Crippen LogP contribution in [0.4, 0.5) is 0 Å². The number of methoxy groups -OCH3 is 1. The molecule has 0 aromatic heterocycles. The van der Waals surface area contributed by atoms with Gasteiger partial charge in [0.1, 0.15) is 6.10 Å². The minimum Gasteiger partial charge on any atom is -0.545 e. The minimum atomic E-state index is -1.15. The quantitative estimate of drug-likeness (QED) is 0.535. The Labute approximate surface area is 129 Å². The molecule has 0 amide bonds. The average molecular weight is 315 g/mol. The second kappa shape index (κ2) is 13.9. The standard InChI is InChI=1S/C7H8O2.C5H8O2.C3H8O3/c1-9-7-5-3-2-4-6(7)8;1-3-4(2)5(6)7;4-1-3(6)2-5/h2-5,8H,1H3;2-3H2,1H3,(H,6,7);3-6H,1-2H2/p-1. The van der Waals surface area contributed by atoms with Crippen molar-refractivity contribution < 1.29 is 35.1 Å². The fourth-order valence-corrected chi connectivity index (χ4v) is 0.832. The third-order valence-corrected chi connectivity index (χ3v) is 2.22. The van der Waals surface area contributed by atoms with Gasteiger partial charge in [-0.1, -0.05) is 25.6 Å². The van der Waals surface area contributed by atoms with E-state index < -0.39 is 12.1 Å². The van der Waals surface area contributed by atoms with E-state index in [1.165, 1.54) is 7.11 Å². The molecule has 1 rings (SSSR count). The predicted octanol–water partition coefficient (Wildman–Crippen LogP) is -0.565. The Bertz CT molecular complexity index is 428. The number of para-hydroxylation sites is 2. The number of carbonyl (C=O) groups is 1. The van der Waals surface area contributed by atoms with Crippen molar-refractivity contribution in [1.29, 1.82) is 0 Å². The van der Waals surface area contributed by atoms with Crippen LogP contribution in [0.2, 0.25) is 0 Å². The van der Waals surface area contributed by atoms with Crippen molar-refractivity contribution in [3.05, 3.63) is 36.4 Å². The Hall–Kier alpha value is -2.09. The monoisotopic (exact) mass is 315 g/mol.